The lowest BCUT2D eigenvalue weighted by molar-refractivity contribution is -0.140. The van der Waals surface area contributed by atoms with Crippen molar-refractivity contribution < 1.29 is 14.7 Å². The largest absolute Gasteiger partial charge is 0.480 e. The van der Waals surface area contributed by atoms with Crippen molar-refractivity contribution in [1.82, 2.24) is 10.2 Å². The van der Waals surface area contributed by atoms with Crippen molar-refractivity contribution in [2.75, 3.05) is 13.1 Å². The van der Waals surface area contributed by atoms with Crippen LogP contribution in [0.3, 0.4) is 0 Å². The molecular weight excluding hydrogens is 232 g/mol. The van der Waals surface area contributed by atoms with Gasteiger partial charge in [0.05, 0.1) is 0 Å². The van der Waals surface area contributed by atoms with Crippen molar-refractivity contribution in [3.8, 4) is 0 Å². The van der Waals surface area contributed by atoms with E-state index in [9.17, 15) is 9.59 Å². The average Bonchev–Trinajstić information content (AvgIpc) is 2.30. The number of urea groups is 1. The van der Waals surface area contributed by atoms with E-state index in [-0.39, 0.29) is 11.9 Å². The molecule has 0 aliphatic heterocycles. The molecule has 5 nitrogen and oxygen atoms in total. The minimum atomic E-state index is -0.996. The summed E-state index contributed by atoms with van der Waals surface area (Å²) in [7, 11) is 0. The number of hydrogen-bond donors (Lipinski definition) is 2. The zero-order chi connectivity index (χ0) is 14.3. The second-order valence-corrected chi connectivity index (χ2v) is 4.62. The van der Waals surface area contributed by atoms with E-state index < -0.39 is 12.0 Å². The zero-order valence-corrected chi connectivity index (χ0v) is 11.7. The molecule has 5 heteroatoms. The molecular formula is C13H24N2O3. The maximum absolute atomic E-state index is 12.0. The molecule has 2 N–H and O–H groups in total. The molecule has 104 valence electrons. The van der Waals surface area contributed by atoms with Crippen molar-refractivity contribution in [2.24, 2.45) is 5.92 Å². The van der Waals surface area contributed by atoms with Crippen LogP contribution in [0.5, 0.6) is 0 Å². The van der Waals surface area contributed by atoms with Crippen LogP contribution < -0.4 is 5.32 Å². The molecule has 0 rings (SSSR count). The van der Waals surface area contributed by atoms with E-state index in [2.05, 4.69) is 11.9 Å². The quantitative estimate of drug-likeness (QED) is 0.685. The standard InChI is InChI=1S/C13H24N2O3/c1-6-10(5)11(12(16)17)14-13(18)15(7-2)8-9(3)4/h10-11H,3,6-8H2,1-2,4-5H3,(H,14,18)(H,16,17)/t10?,11-/m0/s1. The Balaban J connectivity index is 4.66. The second kappa shape index (κ2) is 7.74. The molecule has 0 aliphatic rings. The van der Waals surface area contributed by atoms with Gasteiger partial charge < -0.3 is 15.3 Å². The highest BCUT2D eigenvalue weighted by Crippen LogP contribution is 2.09. The molecule has 0 aromatic heterocycles. The third-order valence-corrected chi connectivity index (χ3v) is 2.89. The van der Waals surface area contributed by atoms with Gasteiger partial charge in [-0.1, -0.05) is 32.4 Å². The minimum absolute atomic E-state index is 0.102. The third-order valence-electron chi connectivity index (χ3n) is 2.89. The maximum Gasteiger partial charge on any atom is 0.326 e. The van der Waals surface area contributed by atoms with Gasteiger partial charge in [-0.05, 0) is 19.8 Å². The molecule has 0 aliphatic carbocycles. The van der Waals surface area contributed by atoms with E-state index in [4.69, 9.17) is 5.11 Å². The zero-order valence-electron chi connectivity index (χ0n) is 11.7. The first-order valence-corrected chi connectivity index (χ1v) is 6.26. The van der Waals surface area contributed by atoms with Crippen LogP contribution in [0, 0.1) is 5.92 Å². The van der Waals surface area contributed by atoms with Crippen molar-refractivity contribution in [1.29, 1.82) is 0 Å². The minimum Gasteiger partial charge on any atom is -0.480 e. The predicted octanol–water partition coefficient (Wildman–Crippen LogP) is 2.09. The average molecular weight is 256 g/mol. The van der Waals surface area contributed by atoms with E-state index in [1.54, 1.807) is 4.90 Å². The number of amides is 2. The van der Waals surface area contributed by atoms with Crippen LogP contribution in [-0.2, 0) is 4.79 Å². The Bertz CT molecular complexity index is 315. The summed E-state index contributed by atoms with van der Waals surface area (Å²) in [5, 5.41) is 11.7. The van der Waals surface area contributed by atoms with Gasteiger partial charge in [0.15, 0.2) is 0 Å². The normalized spacial score (nSPS) is 13.6. The molecule has 0 saturated carbocycles. The van der Waals surface area contributed by atoms with Crippen molar-refractivity contribution >= 4 is 12.0 Å². The van der Waals surface area contributed by atoms with Crippen molar-refractivity contribution in [3.63, 3.8) is 0 Å². The molecule has 2 amide bonds. The molecule has 0 saturated heterocycles. The van der Waals surface area contributed by atoms with Gasteiger partial charge in [0, 0.05) is 13.1 Å². The van der Waals surface area contributed by atoms with Crippen LogP contribution in [0.1, 0.15) is 34.1 Å². The number of carbonyl (C=O) groups is 2. The van der Waals surface area contributed by atoms with E-state index in [1.165, 1.54) is 0 Å². The number of nitrogens with zero attached hydrogens (tertiary/aromatic N) is 1. The molecule has 0 aromatic carbocycles. The number of carbonyl (C=O) groups excluding carboxylic acids is 1. The van der Waals surface area contributed by atoms with E-state index >= 15 is 0 Å². The topological polar surface area (TPSA) is 69.6 Å². The van der Waals surface area contributed by atoms with Gasteiger partial charge in [0.2, 0.25) is 0 Å². The Morgan fingerprint density at radius 3 is 2.28 bits per heavy atom. The summed E-state index contributed by atoms with van der Waals surface area (Å²) in [6, 6.07) is -1.20. The highest BCUT2D eigenvalue weighted by molar-refractivity contribution is 5.82. The van der Waals surface area contributed by atoms with Crippen LogP contribution in [0.15, 0.2) is 12.2 Å². The van der Waals surface area contributed by atoms with Crippen LogP contribution in [0.25, 0.3) is 0 Å². The van der Waals surface area contributed by atoms with E-state index in [1.807, 2.05) is 27.7 Å². The van der Waals surface area contributed by atoms with E-state index in [0.717, 1.165) is 5.57 Å². The van der Waals surface area contributed by atoms with Crippen molar-refractivity contribution in [3.05, 3.63) is 12.2 Å². The van der Waals surface area contributed by atoms with E-state index in [0.29, 0.717) is 19.5 Å². The molecule has 0 radical (unpaired) electrons. The Hall–Kier alpha value is -1.52. The molecule has 0 heterocycles. The maximum atomic E-state index is 12.0. The summed E-state index contributed by atoms with van der Waals surface area (Å²) in [5.41, 5.74) is 0.863. The Morgan fingerprint density at radius 1 is 1.39 bits per heavy atom. The molecule has 2 atom stereocenters. The van der Waals surface area contributed by atoms with Crippen LogP contribution in [0.2, 0.25) is 0 Å². The Kier molecular flexibility index (Phi) is 7.08. The fraction of sp³-hybridized carbons (Fsp3) is 0.692. The third kappa shape index (κ3) is 5.21. The molecule has 1 unspecified atom stereocenters. The molecule has 0 spiro atoms. The summed E-state index contributed by atoms with van der Waals surface area (Å²) in [6.45, 7) is 12.1. The monoisotopic (exact) mass is 256 g/mol. The van der Waals surface area contributed by atoms with Gasteiger partial charge in [-0.3, -0.25) is 0 Å². The summed E-state index contributed by atoms with van der Waals surface area (Å²) in [6.07, 6.45) is 0.698. The first kappa shape index (κ1) is 16.5. The smallest absolute Gasteiger partial charge is 0.326 e. The van der Waals surface area contributed by atoms with Gasteiger partial charge in [0.1, 0.15) is 6.04 Å². The lowest BCUT2D eigenvalue weighted by atomic mass is 9.99. The Labute approximate surface area is 109 Å². The second-order valence-electron chi connectivity index (χ2n) is 4.62. The summed E-state index contributed by atoms with van der Waals surface area (Å²) >= 11 is 0. The predicted molar refractivity (Wildman–Crippen MR) is 71.5 cm³/mol. The number of likely N-dealkylation sites (N-methyl/N-ethyl adjacent to an activating group) is 1. The number of nitrogens with one attached hydrogen (secondary N) is 1. The highest BCUT2D eigenvalue weighted by atomic mass is 16.4. The Morgan fingerprint density at radius 2 is 1.94 bits per heavy atom. The molecule has 18 heavy (non-hydrogen) atoms. The first-order chi connectivity index (χ1) is 8.33. The van der Waals surface area contributed by atoms with Gasteiger partial charge in [-0.2, -0.15) is 0 Å². The fourth-order valence-electron chi connectivity index (χ4n) is 1.56. The van der Waals surface area contributed by atoms with Gasteiger partial charge in [-0.15, -0.1) is 0 Å². The van der Waals surface area contributed by atoms with Gasteiger partial charge >= 0.3 is 12.0 Å². The number of hydrogen-bond acceptors (Lipinski definition) is 2. The highest BCUT2D eigenvalue weighted by Gasteiger charge is 2.26. The summed E-state index contributed by atoms with van der Waals surface area (Å²) < 4.78 is 0. The summed E-state index contributed by atoms with van der Waals surface area (Å²) in [4.78, 5) is 24.6. The molecule has 0 bridgehead atoms. The first-order valence-electron chi connectivity index (χ1n) is 6.26. The number of carboxylic acid groups (broad SMARTS) is 1. The van der Waals surface area contributed by atoms with Crippen LogP contribution in [0.4, 0.5) is 4.79 Å². The van der Waals surface area contributed by atoms with Gasteiger partial charge in [0.25, 0.3) is 0 Å². The van der Waals surface area contributed by atoms with Crippen LogP contribution >= 0.6 is 0 Å². The molecule has 0 fully saturated rings. The lowest BCUT2D eigenvalue weighted by Crippen LogP contribution is -2.50. The van der Waals surface area contributed by atoms with Gasteiger partial charge in [-0.25, -0.2) is 9.59 Å². The van der Waals surface area contributed by atoms with Crippen LogP contribution in [-0.4, -0.2) is 41.1 Å². The fourth-order valence-corrected chi connectivity index (χ4v) is 1.56. The lowest BCUT2D eigenvalue weighted by Gasteiger charge is -2.26. The number of rotatable bonds is 7. The number of carboxylic acids is 1. The molecule has 0 aromatic rings. The summed E-state index contributed by atoms with van der Waals surface area (Å²) in [5.74, 6) is -1.10. The SMILES string of the molecule is C=C(C)CN(CC)C(=O)N[C@H](C(=O)O)C(C)CC. The number of aliphatic carboxylic acids is 1. The van der Waals surface area contributed by atoms with Crippen molar-refractivity contribution in [2.45, 2.75) is 40.2 Å².